The zero-order valence-electron chi connectivity index (χ0n) is 15.4. The van der Waals surface area contributed by atoms with E-state index in [0.29, 0.717) is 18.8 Å². The van der Waals surface area contributed by atoms with E-state index in [2.05, 4.69) is 0 Å². The normalized spacial score (nSPS) is 13.5. The first-order valence-electron chi connectivity index (χ1n) is 9.03. The van der Waals surface area contributed by atoms with Crippen LogP contribution in [0, 0.1) is 0 Å². The first-order valence-corrected chi connectivity index (χ1v) is 9.03. The van der Waals surface area contributed by atoms with Crippen molar-refractivity contribution < 1.29 is 19.0 Å². The number of hydrogen-bond acceptors (Lipinski definition) is 4. The van der Waals surface area contributed by atoms with E-state index in [9.17, 15) is 4.79 Å². The number of carbonyl (C=O) groups excluding carboxylic acids is 1. The third-order valence-electron chi connectivity index (χ3n) is 4.45. The molecule has 0 radical (unpaired) electrons. The zero-order valence-corrected chi connectivity index (χ0v) is 15.4. The van der Waals surface area contributed by atoms with Gasteiger partial charge in [-0.05, 0) is 62.2 Å². The van der Waals surface area contributed by atoms with Crippen molar-refractivity contribution in [2.24, 2.45) is 0 Å². The van der Waals surface area contributed by atoms with E-state index in [4.69, 9.17) is 14.2 Å². The van der Waals surface area contributed by atoms with Gasteiger partial charge in [0.1, 0.15) is 23.9 Å². The van der Waals surface area contributed by atoms with Crippen LogP contribution in [0.25, 0.3) is 0 Å². The molecule has 1 fully saturated rings. The molecule has 3 rings (SSSR count). The average molecular weight is 355 g/mol. The van der Waals surface area contributed by atoms with E-state index in [0.717, 1.165) is 48.7 Å². The molecule has 0 N–H and O–H groups in total. The summed E-state index contributed by atoms with van der Waals surface area (Å²) in [5.41, 5.74) is 1.55. The molecule has 0 bridgehead atoms. The van der Waals surface area contributed by atoms with E-state index >= 15 is 0 Å². The quantitative estimate of drug-likeness (QED) is 0.755. The molecule has 5 heteroatoms. The molecular formula is C21H25NO4. The molecule has 2 aromatic rings. The number of hydrogen-bond donors (Lipinski definition) is 0. The predicted molar refractivity (Wildman–Crippen MR) is 100 cm³/mol. The molecule has 0 saturated carbocycles. The molecule has 1 aliphatic rings. The summed E-state index contributed by atoms with van der Waals surface area (Å²) in [5, 5.41) is 0. The number of amides is 1. The van der Waals surface area contributed by atoms with E-state index in [1.807, 2.05) is 54.3 Å². The van der Waals surface area contributed by atoms with Gasteiger partial charge >= 0.3 is 0 Å². The van der Waals surface area contributed by atoms with Crippen molar-refractivity contribution in [1.29, 1.82) is 0 Å². The van der Waals surface area contributed by atoms with Crippen molar-refractivity contribution >= 4 is 5.91 Å². The lowest BCUT2D eigenvalue weighted by molar-refractivity contribution is 0.0792. The standard InChI is InChI=1S/C21H25NO4/c1-3-25-20-11-6-16(21(23)22-12-4-5-13-22)14-17(20)15-26-19-9-7-18(24-2)8-10-19/h6-11,14H,3-5,12-13,15H2,1-2H3. The Morgan fingerprint density at radius 1 is 1.00 bits per heavy atom. The maximum Gasteiger partial charge on any atom is 0.253 e. The molecule has 0 spiro atoms. The van der Waals surface area contributed by atoms with Gasteiger partial charge in [-0.2, -0.15) is 0 Å². The van der Waals surface area contributed by atoms with Crippen molar-refractivity contribution in [1.82, 2.24) is 4.90 Å². The molecule has 1 heterocycles. The summed E-state index contributed by atoms with van der Waals surface area (Å²) in [5.74, 6) is 2.35. The second kappa shape index (κ2) is 8.61. The van der Waals surface area contributed by atoms with E-state index in [-0.39, 0.29) is 5.91 Å². The molecular weight excluding hydrogens is 330 g/mol. The second-order valence-electron chi connectivity index (χ2n) is 6.22. The van der Waals surface area contributed by atoms with Gasteiger partial charge in [-0.1, -0.05) is 0 Å². The van der Waals surface area contributed by atoms with Gasteiger partial charge in [0.25, 0.3) is 5.91 Å². The minimum atomic E-state index is 0.0799. The average Bonchev–Trinajstić information content (AvgIpc) is 3.22. The van der Waals surface area contributed by atoms with Gasteiger partial charge in [0, 0.05) is 24.2 Å². The predicted octanol–water partition coefficient (Wildman–Crippen LogP) is 3.91. The molecule has 5 nitrogen and oxygen atoms in total. The maximum absolute atomic E-state index is 12.6. The van der Waals surface area contributed by atoms with E-state index in [1.54, 1.807) is 7.11 Å². The molecule has 138 valence electrons. The molecule has 0 aliphatic carbocycles. The van der Waals surface area contributed by atoms with Crippen molar-refractivity contribution in [2.75, 3.05) is 26.8 Å². The Labute approximate surface area is 154 Å². The van der Waals surface area contributed by atoms with Crippen LogP contribution in [-0.4, -0.2) is 37.6 Å². The first-order chi connectivity index (χ1) is 12.7. The van der Waals surface area contributed by atoms with Gasteiger partial charge in [-0.3, -0.25) is 4.79 Å². The van der Waals surface area contributed by atoms with Gasteiger partial charge in [0.2, 0.25) is 0 Å². The summed E-state index contributed by atoms with van der Waals surface area (Å²) in [6, 6.07) is 13.0. The van der Waals surface area contributed by atoms with Crippen LogP contribution in [0.4, 0.5) is 0 Å². The van der Waals surface area contributed by atoms with Crippen LogP contribution < -0.4 is 14.2 Å². The van der Waals surface area contributed by atoms with Gasteiger partial charge in [-0.25, -0.2) is 0 Å². The Kier molecular flexibility index (Phi) is 6.00. The molecule has 26 heavy (non-hydrogen) atoms. The summed E-state index contributed by atoms with van der Waals surface area (Å²) < 4.78 is 16.7. The highest BCUT2D eigenvalue weighted by molar-refractivity contribution is 5.94. The number of likely N-dealkylation sites (tertiary alicyclic amines) is 1. The van der Waals surface area contributed by atoms with Crippen LogP contribution in [-0.2, 0) is 6.61 Å². The lowest BCUT2D eigenvalue weighted by Crippen LogP contribution is -2.27. The summed E-state index contributed by atoms with van der Waals surface area (Å²) >= 11 is 0. The Bertz CT molecular complexity index is 736. The molecule has 2 aromatic carbocycles. The lowest BCUT2D eigenvalue weighted by Gasteiger charge is -2.17. The Morgan fingerprint density at radius 3 is 2.35 bits per heavy atom. The number of ether oxygens (including phenoxy) is 3. The SMILES string of the molecule is CCOc1ccc(C(=O)N2CCCC2)cc1COc1ccc(OC)cc1. The monoisotopic (exact) mass is 355 g/mol. The van der Waals surface area contributed by atoms with Gasteiger partial charge in [0.15, 0.2) is 0 Å². The highest BCUT2D eigenvalue weighted by atomic mass is 16.5. The highest BCUT2D eigenvalue weighted by Gasteiger charge is 2.20. The van der Waals surface area contributed by atoms with E-state index < -0.39 is 0 Å². The van der Waals surface area contributed by atoms with Gasteiger partial charge in [-0.15, -0.1) is 0 Å². The fraction of sp³-hybridized carbons (Fsp3) is 0.381. The van der Waals surface area contributed by atoms with Crippen LogP contribution in [0.2, 0.25) is 0 Å². The summed E-state index contributed by atoms with van der Waals surface area (Å²) in [4.78, 5) is 14.6. The lowest BCUT2D eigenvalue weighted by atomic mass is 10.1. The molecule has 0 aromatic heterocycles. The zero-order chi connectivity index (χ0) is 18.4. The van der Waals surface area contributed by atoms with Crippen molar-refractivity contribution in [3.63, 3.8) is 0 Å². The maximum atomic E-state index is 12.6. The van der Waals surface area contributed by atoms with Crippen molar-refractivity contribution in [3.8, 4) is 17.2 Å². The largest absolute Gasteiger partial charge is 0.497 e. The van der Waals surface area contributed by atoms with Gasteiger partial charge < -0.3 is 19.1 Å². The fourth-order valence-electron chi connectivity index (χ4n) is 3.06. The topological polar surface area (TPSA) is 48.0 Å². The van der Waals surface area contributed by atoms with Crippen LogP contribution in [0.3, 0.4) is 0 Å². The molecule has 1 aliphatic heterocycles. The minimum Gasteiger partial charge on any atom is -0.497 e. The number of benzene rings is 2. The number of methoxy groups -OCH3 is 1. The van der Waals surface area contributed by atoms with Crippen LogP contribution >= 0.6 is 0 Å². The highest BCUT2D eigenvalue weighted by Crippen LogP contribution is 2.25. The van der Waals surface area contributed by atoms with E-state index in [1.165, 1.54) is 0 Å². The summed E-state index contributed by atoms with van der Waals surface area (Å²) in [7, 11) is 1.63. The smallest absolute Gasteiger partial charge is 0.253 e. The van der Waals surface area contributed by atoms with Crippen LogP contribution in [0.15, 0.2) is 42.5 Å². The molecule has 0 unspecified atom stereocenters. The van der Waals surface area contributed by atoms with Crippen molar-refractivity contribution in [2.45, 2.75) is 26.4 Å². The fourth-order valence-corrected chi connectivity index (χ4v) is 3.06. The molecule has 1 saturated heterocycles. The third-order valence-corrected chi connectivity index (χ3v) is 4.45. The second-order valence-corrected chi connectivity index (χ2v) is 6.22. The Balaban J connectivity index is 1.75. The molecule has 1 amide bonds. The van der Waals surface area contributed by atoms with Crippen molar-refractivity contribution in [3.05, 3.63) is 53.6 Å². The number of rotatable bonds is 7. The summed E-state index contributed by atoms with van der Waals surface area (Å²) in [6.07, 6.45) is 2.16. The van der Waals surface area contributed by atoms with Crippen LogP contribution in [0.1, 0.15) is 35.7 Å². The third kappa shape index (κ3) is 4.28. The number of nitrogens with zero attached hydrogens (tertiary/aromatic N) is 1. The van der Waals surface area contributed by atoms with Crippen LogP contribution in [0.5, 0.6) is 17.2 Å². The summed E-state index contributed by atoms with van der Waals surface area (Å²) in [6.45, 7) is 4.52. The first kappa shape index (κ1) is 18.1. The number of carbonyl (C=O) groups is 1. The molecule has 0 atom stereocenters. The minimum absolute atomic E-state index is 0.0799. The van der Waals surface area contributed by atoms with Gasteiger partial charge in [0.05, 0.1) is 13.7 Å². The Morgan fingerprint density at radius 2 is 1.69 bits per heavy atom. The Hall–Kier alpha value is -2.69.